The van der Waals surface area contributed by atoms with Crippen molar-refractivity contribution >= 4 is 28.5 Å². The first-order valence-corrected chi connectivity index (χ1v) is 10.4. The normalized spacial score (nSPS) is 10.8. The third-order valence-corrected chi connectivity index (χ3v) is 5.34. The number of anilines is 1. The summed E-state index contributed by atoms with van der Waals surface area (Å²) in [6, 6.07) is 18.2. The first-order valence-electron chi connectivity index (χ1n) is 10.4. The van der Waals surface area contributed by atoms with E-state index in [1.165, 1.54) is 12.1 Å². The lowest BCUT2D eigenvalue weighted by Crippen LogP contribution is -2.27. The van der Waals surface area contributed by atoms with Crippen LogP contribution in [0.4, 0.5) is 10.1 Å². The van der Waals surface area contributed by atoms with E-state index in [0.29, 0.717) is 30.0 Å². The van der Waals surface area contributed by atoms with Gasteiger partial charge in [0.1, 0.15) is 17.4 Å². The number of nitrogens with zero attached hydrogens (tertiary/aromatic N) is 2. The van der Waals surface area contributed by atoms with Crippen molar-refractivity contribution < 1.29 is 18.7 Å². The average molecular weight is 446 g/mol. The van der Waals surface area contributed by atoms with Gasteiger partial charge in [-0.1, -0.05) is 12.1 Å². The molecule has 0 unspecified atom stereocenters. The maximum absolute atomic E-state index is 13.8. The first kappa shape index (κ1) is 22.0. The van der Waals surface area contributed by atoms with E-state index < -0.39 is 11.7 Å². The molecule has 4 rings (SSSR count). The molecule has 7 nitrogen and oxygen atoms in total. The molecule has 0 spiro atoms. The van der Waals surface area contributed by atoms with E-state index >= 15 is 0 Å². The van der Waals surface area contributed by atoms with Crippen molar-refractivity contribution in [1.29, 1.82) is 0 Å². The summed E-state index contributed by atoms with van der Waals surface area (Å²) in [4.78, 5) is 29.3. The van der Waals surface area contributed by atoms with E-state index in [2.05, 4.69) is 15.6 Å². The minimum Gasteiger partial charge on any atom is -0.497 e. The number of nitrogens with one attached hydrogen (secondary N) is 2. The van der Waals surface area contributed by atoms with Crippen LogP contribution < -0.4 is 15.4 Å². The van der Waals surface area contributed by atoms with Gasteiger partial charge in [0.2, 0.25) is 0 Å². The van der Waals surface area contributed by atoms with Crippen LogP contribution in [-0.2, 0) is 13.5 Å². The van der Waals surface area contributed by atoms with Crippen molar-refractivity contribution in [3.05, 3.63) is 89.5 Å². The molecule has 0 bridgehead atoms. The Morgan fingerprint density at radius 2 is 1.79 bits per heavy atom. The van der Waals surface area contributed by atoms with Gasteiger partial charge in [0.25, 0.3) is 11.8 Å². The Kier molecular flexibility index (Phi) is 6.35. The van der Waals surface area contributed by atoms with E-state index in [9.17, 15) is 14.0 Å². The molecule has 0 fully saturated rings. The fourth-order valence-corrected chi connectivity index (χ4v) is 3.53. The topological polar surface area (TPSA) is 85.2 Å². The van der Waals surface area contributed by atoms with Gasteiger partial charge in [0.15, 0.2) is 0 Å². The molecule has 0 aliphatic rings. The van der Waals surface area contributed by atoms with Gasteiger partial charge in [-0.05, 0) is 54.6 Å². The summed E-state index contributed by atoms with van der Waals surface area (Å²) in [5.74, 6) is 0.192. The monoisotopic (exact) mass is 446 g/mol. The van der Waals surface area contributed by atoms with E-state index in [4.69, 9.17) is 4.74 Å². The molecule has 8 heteroatoms. The van der Waals surface area contributed by atoms with Crippen molar-refractivity contribution in [3.8, 4) is 5.75 Å². The fraction of sp³-hybridized carbons (Fsp3) is 0.160. The molecule has 0 aliphatic carbocycles. The molecule has 33 heavy (non-hydrogen) atoms. The summed E-state index contributed by atoms with van der Waals surface area (Å²) >= 11 is 0. The third kappa shape index (κ3) is 4.85. The Morgan fingerprint density at radius 3 is 2.52 bits per heavy atom. The summed E-state index contributed by atoms with van der Waals surface area (Å²) in [5, 5.41) is 5.60. The second-order valence-corrected chi connectivity index (χ2v) is 7.46. The Morgan fingerprint density at radius 1 is 1.03 bits per heavy atom. The number of ether oxygens (including phenoxy) is 1. The zero-order chi connectivity index (χ0) is 23.4. The van der Waals surface area contributed by atoms with Crippen LogP contribution in [0.5, 0.6) is 5.75 Å². The highest BCUT2D eigenvalue weighted by molar-refractivity contribution is 6.05. The van der Waals surface area contributed by atoms with Crippen LogP contribution >= 0.6 is 0 Å². The van der Waals surface area contributed by atoms with Crippen LogP contribution in [0.2, 0.25) is 0 Å². The summed E-state index contributed by atoms with van der Waals surface area (Å²) in [7, 11) is 3.46. The largest absolute Gasteiger partial charge is 0.497 e. The molecule has 4 aromatic rings. The van der Waals surface area contributed by atoms with E-state index in [1.807, 2.05) is 23.7 Å². The summed E-state index contributed by atoms with van der Waals surface area (Å²) in [5.41, 5.74) is 2.78. The Bertz CT molecular complexity index is 1320. The predicted molar refractivity (Wildman–Crippen MR) is 124 cm³/mol. The smallest absolute Gasteiger partial charge is 0.255 e. The fourth-order valence-electron chi connectivity index (χ4n) is 3.53. The molecule has 0 radical (unpaired) electrons. The van der Waals surface area contributed by atoms with Gasteiger partial charge in [-0.25, -0.2) is 9.37 Å². The van der Waals surface area contributed by atoms with Crippen molar-refractivity contribution in [2.75, 3.05) is 19.0 Å². The number of carbonyl (C=O) groups is 2. The maximum Gasteiger partial charge on any atom is 0.255 e. The van der Waals surface area contributed by atoms with Crippen molar-refractivity contribution in [2.45, 2.75) is 6.42 Å². The summed E-state index contributed by atoms with van der Waals surface area (Å²) in [6.45, 7) is 0.311. The number of rotatable bonds is 7. The van der Waals surface area contributed by atoms with E-state index in [0.717, 1.165) is 16.9 Å². The lowest BCUT2D eigenvalue weighted by molar-refractivity contribution is 0.0949. The molecule has 1 heterocycles. The van der Waals surface area contributed by atoms with Crippen LogP contribution in [0.15, 0.2) is 66.7 Å². The highest BCUT2D eigenvalue weighted by Gasteiger charge is 2.13. The van der Waals surface area contributed by atoms with Crippen molar-refractivity contribution in [3.63, 3.8) is 0 Å². The molecule has 1 aromatic heterocycles. The Hall–Kier alpha value is -4.20. The zero-order valence-electron chi connectivity index (χ0n) is 18.3. The van der Waals surface area contributed by atoms with Gasteiger partial charge in [0.05, 0.1) is 23.7 Å². The lowest BCUT2D eigenvalue weighted by Gasteiger charge is -2.07. The minimum atomic E-state index is -0.554. The Labute approximate surface area is 190 Å². The van der Waals surface area contributed by atoms with Gasteiger partial charge in [0, 0.05) is 31.3 Å². The molecule has 2 amide bonds. The van der Waals surface area contributed by atoms with Gasteiger partial charge < -0.3 is 19.9 Å². The number of carbonyl (C=O) groups excluding carboxylic acids is 2. The molecular formula is C25H23FN4O3. The van der Waals surface area contributed by atoms with E-state index in [1.54, 1.807) is 49.6 Å². The van der Waals surface area contributed by atoms with Crippen molar-refractivity contribution in [1.82, 2.24) is 14.9 Å². The average Bonchev–Trinajstić information content (AvgIpc) is 3.14. The number of fused-ring (bicyclic) bond motifs is 1. The SMILES string of the molecule is COc1ccc(C(=O)Nc2ccc3c(c2)nc(CCNC(=O)c2ccccc2F)n3C)cc1. The Balaban J connectivity index is 1.42. The molecule has 2 N–H and O–H groups in total. The highest BCUT2D eigenvalue weighted by atomic mass is 19.1. The summed E-state index contributed by atoms with van der Waals surface area (Å²) < 4.78 is 20.8. The lowest BCUT2D eigenvalue weighted by atomic mass is 10.2. The van der Waals surface area contributed by atoms with Gasteiger partial charge >= 0.3 is 0 Å². The number of hydrogen-bond acceptors (Lipinski definition) is 4. The van der Waals surface area contributed by atoms with Crippen LogP contribution in [0.3, 0.4) is 0 Å². The quantitative estimate of drug-likeness (QED) is 0.450. The molecule has 0 saturated carbocycles. The molecule has 0 atom stereocenters. The van der Waals surface area contributed by atoms with Gasteiger partial charge in [-0.3, -0.25) is 9.59 Å². The second-order valence-electron chi connectivity index (χ2n) is 7.46. The number of amides is 2. The number of imidazole rings is 1. The summed E-state index contributed by atoms with van der Waals surface area (Å²) in [6.07, 6.45) is 0.471. The third-order valence-electron chi connectivity index (χ3n) is 5.34. The highest BCUT2D eigenvalue weighted by Crippen LogP contribution is 2.21. The number of hydrogen-bond donors (Lipinski definition) is 2. The van der Waals surface area contributed by atoms with Crippen LogP contribution in [0, 0.1) is 5.82 Å². The number of aromatic nitrogens is 2. The first-order chi connectivity index (χ1) is 16.0. The van der Waals surface area contributed by atoms with E-state index in [-0.39, 0.29) is 11.5 Å². The van der Waals surface area contributed by atoms with Gasteiger partial charge in [-0.15, -0.1) is 0 Å². The number of benzene rings is 3. The number of methoxy groups -OCH3 is 1. The zero-order valence-corrected chi connectivity index (χ0v) is 18.3. The minimum absolute atomic E-state index is 0.0137. The molecule has 0 aliphatic heterocycles. The predicted octanol–water partition coefficient (Wildman–Crippen LogP) is 3.95. The maximum atomic E-state index is 13.8. The standard InChI is InChI=1S/C25H23FN4O3/c1-30-22-12-9-17(28-24(31)16-7-10-18(33-2)11-8-16)15-21(22)29-23(30)13-14-27-25(32)19-5-3-4-6-20(19)26/h3-12,15H,13-14H2,1-2H3,(H,27,32)(H,28,31). The van der Waals surface area contributed by atoms with Crippen LogP contribution in [-0.4, -0.2) is 35.0 Å². The number of aryl methyl sites for hydroxylation is 1. The molecule has 168 valence electrons. The van der Waals surface area contributed by atoms with Crippen molar-refractivity contribution in [2.24, 2.45) is 7.05 Å². The van der Waals surface area contributed by atoms with Gasteiger partial charge in [-0.2, -0.15) is 0 Å². The molecular weight excluding hydrogens is 423 g/mol. The molecule has 3 aromatic carbocycles. The number of halogens is 1. The van der Waals surface area contributed by atoms with Crippen LogP contribution in [0.1, 0.15) is 26.5 Å². The van der Waals surface area contributed by atoms with Crippen LogP contribution in [0.25, 0.3) is 11.0 Å². The molecule has 0 saturated heterocycles. The second kappa shape index (κ2) is 9.52.